The van der Waals surface area contributed by atoms with Gasteiger partial charge in [0.1, 0.15) is 5.82 Å². The molecule has 2 aromatic heterocycles. The zero-order valence-corrected chi connectivity index (χ0v) is 16.8. The molecule has 0 spiro atoms. The number of benzene rings is 1. The number of rotatable bonds is 8. The van der Waals surface area contributed by atoms with E-state index in [1.165, 1.54) is 34.5 Å². The Morgan fingerprint density at radius 2 is 2.03 bits per heavy atom. The molecule has 3 aromatic rings. The predicted molar refractivity (Wildman–Crippen MR) is 110 cm³/mol. The molecule has 11 heteroatoms. The molecule has 10 nitrogen and oxygen atoms in total. The van der Waals surface area contributed by atoms with Gasteiger partial charge in [-0.25, -0.2) is 14.6 Å². The van der Waals surface area contributed by atoms with Crippen LogP contribution in [0.15, 0.2) is 39.0 Å². The highest BCUT2D eigenvalue weighted by molar-refractivity contribution is 5.80. The van der Waals surface area contributed by atoms with E-state index < -0.39 is 17.4 Å². The molecule has 1 aromatic carbocycles. The monoisotopic (exact) mass is 418 g/mol. The van der Waals surface area contributed by atoms with Crippen molar-refractivity contribution >= 4 is 23.3 Å². The number of hydrogen-bond donors (Lipinski definition) is 3. The minimum Gasteiger partial charge on any atom is -0.389 e. The number of aromatic amines is 1. The van der Waals surface area contributed by atoms with Crippen LogP contribution in [-0.2, 0) is 18.3 Å². The molecule has 2 heterocycles. The molecule has 0 amide bonds. The molecule has 3 N–H and O–H groups in total. The van der Waals surface area contributed by atoms with Gasteiger partial charge in [0.2, 0.25) is 5.95 Å². The number of fused-ring (bicyclic) bond motifs is 1. The number of ether oxygens (including phenoxy) is 1. The Labute approximate surface area is 170 Å². The first-order chi connectivity index (χ1) is 14.3. The van der Waals surface area contributed by atoms with Crippen LogP contribution in [0.2, 0.25) is 0 Å². The van der Waals surface area contributed by atoms with Crippen molar-refractivity contribution in [1.29, 1.82) is 0 Å². The number of nitrogens with zero attached hydrogens (tertiary/aromatic N) is 4. The quantitative estimate of drug-likeness (QED) is 0.367. The summed E-state index contributed by atoms with van der Waals surface area (Å²) in [6.07, 6.45) is 0.453. The van der Waals surface area contributed by atoms with Crippen LogP contribution in [0.4, 0.5) is 10.3 Å². The molecule has 0 saturated carbocycles. The molecule has 1 unspecified atom stereocenters. The second-order valence-corrected chi connectivity index (χ2v) is 6.99. The van der Waals surface area contributed by atoms with Gasteiger partial charge < -0.3 is 14.4 Å². The van der Waals surface area contributed by atoms with E-state index in [2.05, 4.69) is 20.5 Å². The molecule has 0 aliphatic rings. The third-order valence-electron chi connectivity index (χ3n) is 4.27. The van der Waals surface area contributed by atoms with E-state index in [1.807, 2.05) is 13.8 Å². The van der Waals surface area contributed by atoms with Gasteiger partial charge in [-0.2, -0.15) is 10.1 Å². The smallest absolute Gasteiger partial charge is 0.329 e. The minimum atomic E-state index is -0.928. The Balaban J connectivity index is 1.96. The van der Waals surface area contributed by atoms with Crippen LogP contribution < -0.4 is 16.7 Å². The number of halogens is 1. The van der Waals surface area contributed by atoms with Crippen LogP contribution in [0, 0.1) is 5.82 Å². The lowest BCUT2D eigenvalue weighted by molar-refractivity contribution is -0.000105. The lowest BCUT2D eigenvalue weighted by Gasteiger charge is -2.15. The number of imidazole rings is 1. The molecular weight excluding hydrogens is 395 g/mol. The fraction of sp³-hybridized carbons (Fsp3) is 0.368. The highest BCUT2D eigenvalue weighted by Crippen LogP contribution is 2.16. The van der Waals surface area contributed by atoms with Gasteiger partial charge in [0.05, 0.1) is 31.6 Å². The van der Waals surface area contributed by atoms with Gasteiger partial charge in [-0.3, -0.25) is 14.3 Å². The number of aliphatic hydroxyl groups excluding tert-OH is 1. The standard InChI is InChI=1S/C19H23FN6O4/c1-11(2)30-10-14(27)9-26-15-16(25(3)19(29)23-17(15)28)22-18(26)24-21-8-12-4-6-13(20)7-5-12/h4-8,11,14,27H,9-10H2,1-3H3,(H,22,24)(H,23,28,29)/b21-8-. The lowest BCUT2D eigenvalue weighted by Crippen LogP contribution is -2.30. The molecule has 0 radical (unpaired) electrons. The van der Waals surface area contributed by atoms with Gasteiger partial charge in [-0.15, -0.1) is 0 Å². The lowest BCUT2D eigenvalue weighted by atomic mass is 10.2. The Morgan fingerprint density at radius 3 is 2.70 bits per heavy atom. The van der Waals surface area contributed by atoms with Crippen LogP contribution >= 0.6 is 0 Å². The topological polar surface area (TPSA) is 127 Å². The molecule has 0 fully saturated rings. The van der Waals surface area contributed by atoms with E-state index in [-0.39, 0.29) is 42.2 Å². The molecule has 3 rings (SSSR count). The van der Waals surface area contributed by atoms with Crippen molar-refractivity contribution in [2.75, 3.05) is 12.0 Å². The van der Waals surface area contributed by atoms with Crippen molar-refractivity contribution in [3.8, 4) is 0 Å². The van der Waals surface area contributed by atoms with Crippen LogP contribution in [0.3, 0.4) is 0 Å². The van der Waals surface area contributed by atoms with E-state index in [1.54, 1.807) is 12.1 Å². The summed E-state index contributed by atoms with van der Waals surface area (Å²) in [7, 11) is 1.47. The van der Waals surface area contributed by atoms with Gasteiger partial charge in [0.25, 0.3) is 5.56 Å². The summed E-state index contributed by atoms with van der Waals surface area (Å²) in [5, 5.41) is 14.4. The summed E-state index contributed by atoms with van der Waals surface area (Å²) < 4.78 is 21.1. The number of hydrogen-bond acceptors (Lipinski definition) is 7. The Bertz CT molecular complexity index is 1160. The Morgan fingerprint density at radius 1 is 1.33 bits per heavy atom. The second-order valence-electron chi connectivity index (χ2n) is 6.99. The second kappa shape index (κ2) is 9.01. The zero-order valence-electron chi connectivity index (χ0n) is 16.8. The van der Waals surface area contributed by atoms with Crippen LogP contribution in [0.25, 0.3) is 11.2 Å². The zero-order chi connectivity index (χ0) is 21.8. The summed E-state index contributed by atoms with van der Waals surface area (Å²) >= 11 is 0. The predicted octanol–water partition coefficient (Wildman–Crippen LogP) is 0.794. The Hall–Kier alpha value is -3.31. The summed E-state index contributed by atoms with van der Waals surface area (Å²) in [5.41, 5.74) is 2.37. The highest BCUT2D eigenvalue weighted by atomic mass is 19.1. The fourth-order valence-corrected chi connectivity index (χ4v) is 2.78. The van der Waals surface area contributed by atoms with Crippen molar-refractivity contribution in [3.05, 3.63) is 56.5 Å². The third kappa shape index (κ3) is 4.81. The summed E-state index contributed by atoms with van der Waals surface area (Å²) in [6, 6.07) is 5.70. The third-order valence-corrected chi connectivity index (χ3v) is 4.27. The van der Waals surface area contributed by atoms with Crippen LogP contribution in [0.5, 0.6) is 0 Å². The van der Waals surface area contributed by atoms with Gasteiger partial charge in [0.15, 0.2) is 11.2 Å². The molecule has 0 aliphatic heterocycles. The van der Waals surface area contributed by atoms with Gasteiger partial charge in [-0.05, 0) is 31.5 Å². The molecule has 160 valence electrons. The first-order valence-corrected chi connectivity index (χ1v) is 9.30. The van der Waals surface area contributed by atoms with E-state index >= 15 is 0 Å². The maximum atomic E-state index is 13.0. The average molecular weight is 418 g/mol. The van der Waals surface area contributed by atoms with Crippen LogP contribution in [0.1, 0.15) is 19.4 Å². The maximum absolute atomic E-state index is 13.0. The van der Waals surface area contributed by atoms with Crippen molar-refractivity contribution in [1.82, 2.24) is 19.1 Å². The summed E-state index contributed by atoms with van der Waals surface area (Å²) in [6.45, 7) is 3.73. The van der Waals surface area contributed by atoms with Gasteiger partial charge in [0, 0.05) is 7.05 Å². The number of hydrazone groups is 1. The molecule has 30 heavy (non-hydrogen) atoms. The number of aromatic nitrogens is 4. The van der Waals surface area contributed by atoms with Crippen LogP contribution in [-0.4, -0.2) is 49.2 Å². The number of nitrogens with one attached hydrogen (secondary N) is 2. The van der Waals surface area contributed by atoms with Gasteiger partial charge >= 0.3 is 5.69 Å². The maximum Gasteiger partial charge on any atom is 0.329 e. The van der Waals surface area contributed by atoms with Crippen molar-refractivity contribution in [2.24, 2.45) is 12.1 Å². The van der Waals surface area contributed by atoms with Gasteiger partial charge in [-0.1, -0.05) is 12.1 Å². The van der Waals surface area contributed by atoms with E-state index in [9.17, 15) is 19.1 Å². The normalized spacial score (nSPS) is 12.9. The molecule has 0 saturated heterocycles. The highest BCUT2D eigenvalue weighted by Gasteiger charge is 2.19. The van der Waals surface area contributed by atoms with E-state index in [4.69, 9.17) is 4.74 Å². The Kier molecular flexibility index (Phi) is 6.43. The SMILES string of the molecule is CC(C)OCC(O)Cn1c(N/N=C\c2ccc(F)cc2)nc2c1c(=O)[nH]c(=O)n2C. The van der Waals surface area contributed by atoms with Crippen molar-refractivity contribution < 1.29 is 14.2 Å². The minimum absolute atomic E-state index is 0.0150. The molecule has 0 aliphatic carbocycles. The molecular formula is C19H23FN6O4. The number of anilines is 1. The van der Waals surface area contributed by atoms with E-state index in [0.717, 1.165) is 0 Å². The molecule has 0 bridgehead atoms. The first kappa shape index (κ1) is 21.4. The van der Waals surface area contributed by atoms with Crippen molar-refractivity contribution in [3.63, 3.8) is 0 Å². The summed E-state index contributed by atoms with van der Waals surface area (Å²) in [5.74, 6) is -0.210. The summed E-state index contributed by atoms with van der Waals surface area (Å²) in [4.78, 5) is 30.8. The largest absolute Gasteiger partial charge is 0.389 e. The number of aryl methyl sites for hydroxylation is 1. The van der Waals surface area contributed by atoms with E-state index in [0.29, 0.717) is 5.56 Å². The average Bonchev–Trinajstić information content (AvgIpc) is 3.05. The number of aliphatic hydroxyl groups is 1. The fourth-order valence-electron chi connectivity index (χ4n) is 2.78. The number of H-pyrrole nitrogens is 1. The van der Waals surface area contributed by atoms with Crippen molar-refractivity contribution in [2.45, 2.75) is 32.6 Å². The first-order valence-electron chi connectivity index (χ1n) is 9.30. The molecule has 1 atom stereocenters.